The Morgan fingerprint density at radius 1 is 1.00 bits per heavy atom. The predicted molar refractivity (Wildman–Crippen MR) is 91.3 cm³/mol. The van der Waals surface area contributed by atoms with Crippen molar-refractivity contribution in [3.8, 4) is 11.5 Å². The summed E-state index contributed by atoms with van der Waals surface area (Å²) in [6.07, 6.45) is 2.89. The number of hydrogen-bond donors (Lipinski definition) is 0. The van der Waals surface area contributed by atoms with Crippen molar-refractivity contribution in [2.75, 3.05) is 6.54 Å². The van der Waals surface area contributed by atoms with Crippen LogP contribution in [0.5, 0.6) is 11.5 Å². The lowest BCUT2D eigenvalue weighted by Crippen LogP contribution is -2.27. The van der Waals surface area contributed by atoms with Gasteiger partial charge in [0.25, 0.3) is 0 Å². The molecular weight excluding hydrogens is 290 g/mol. The third-order valence-corrected chi connectivity index (χ3v) is 3.50. The van der Waals surface area contributed by atoms with E-state index in [0.717, 1.165) is 30.6 Å². The van der Waals surface area contributed by atoms with Crippen LogP contribution in [0.1, 0.15) is 31.7 Å². The maximum absolute atomic E-state index is 11.9. The average molecular weight is 312 g/mol. The zero-order valence-corrected chi connectivity index (χ0v) is 13.4. The van der Waals surface area contributed by atoms with Gasteiger partial charge in [0.05, 0.1) is 6.42 Å². The molecule has 4 nitrogen and oxygen atoms in total. The molecule has 0 aromatic heterocycles. The monoisotopic (exact) mass is 312 g/mol. The number of carbonyl (C=O) groups excluding carboxylic acids is 1. The minimum atomic E-state index is -0.391. The molecule has 0 aliphatic carbocycles. The van der Waals surface area contributed by atoms with Crippen LogP contribution in [0.4, 0.5) is 0 Å². The second kappa shape index (κ2) is 8.96. The number of para-hydroxylation sites is 1. The van der Waals surface area contributed by atoms with E-state index in [-0.39, 0.29) is 13.0 Å². The highest BCUT2D eigenvalue weighted by molar-refractivity contribution is 5.79. The van der Waals surface area contributed by atoms with Crippen LogP contribution in [0.3, 0.4) is 0 Å². The fourth-order valence-corrected chi connectivity index (χ4v) is 2.19. The zero-order valence-electron chi connectivity index (χ0n) is 13.4. The number of benzene rings is 2. The maximum atomic E-state index is 11.9. The summed E-state index contributed by atoms with van der Waals surface area (Å²) >= 11 is 0. The van der Waals surface area contributed by atoms with Gasteiger partial charge in [0.1, 0.15) is 11.5 Å². The lowest BCUT2D eigenvalue weighted by Gasteiger charge is -2.28. The van der Waals surface area contributed by atoms with Crippen molar-refractivity contribution in [1.29, 1.82) is 0 Å². The Kier molecular flexibility index (Phi) is 6.63. The minimum absolute atomic E-state index is 0.126. The summed E-state index contributed by atoms with van der Waals surface area (Å²) in [5, 5.41) is 12.2. The first-order valence-electron chi connectivity index (χ1n) is 7.98. The molecule has 2 aromatic rings. The van der Waals surface area contributed by atoms with E-state index in [1.807, 2.05) is 54.6 Å². The van der Waals surface area contributed by atoms with Gasteiger partial charge < -0.3 is 15.0 Å². The number of ether oxygens (including phenoxy) is 1. The molecule has 2 rings (SSSR count). The average Bonchev–Trinajstić information content (AvgIpc) is 2.57. The fourth-order valence-electron chi connectivity index (χ4n) is 2.19. The van der Waals surface area contributed by atoms with E-state index < -0.39 is 5.91 Å². The molecule has 0 saturated heterocycles. The molecule has 0 radical (unpaired) electrons. The van der Waals surface area contributed by atoms with Gasteiger partial charge in [-0.05, 0) is 36.2 Å². The molecule has 0 spiro atoms. The summed E-state index contributed by atoms with van der Waals surface area (Å²) in [7, 11) is 0. The Labute approximate surface area is 137 Å². The molecule has 0 N–H and O–H groups in total. The number of hydrogen-bond acceptors (Lipinski definition) is 3. The molecule has 122 valence electrons. The predicted octanol–water partition coefficient (Wildman–Crippen LogP) is 4.54. The first kappa shape index (κ1) is 17.0. The Hall–Kier alpha value is -2.33. The molecule has 0 heterocycles. The lowest BCUT2D eigenvalue weighted by molar-refractivity contribution is -0.128. The molecule has 0 aliphatic rings. The Balaban J connectivity index is 1.86. The highest BCUT2D eigenvalue weighted by atomic mass is 16.5. The number of rotatable bonds is 8. The van der Waals surface area contributed by atoms with Gasteiger partial charge in [0.2, 0.25) is 5.91 Å². The largest absolute Gasteiger partial charge is 0.756 e. The van der Waals surface area contributed by atoms with Gasteiger partial charge in [0, 0.05) is 6.54 Å². The van der Waals surface area contributed by atoms with Crippen molar-refractivity contribution in [2.24, 2.45) is 0 Å². The molecule has 0 bridgehead atoms. The van der Waals surface area contributed by atoms with Crippen molar-refractivity contribution in [1.82, 2.24) is 5.06 Å². The highest BCUT2D eigenvalue weighted by Crippen LogP contribution is 2.21. The summed E-state index contributed by atoms with van der Waals surface area (Å²) in [4.78, 5) is 11.9. The Morgan fingerprint density at radius 2 is 1.65 bits per heavy atom. The van der Waals surface area contributed by atoms with Crippen LogP contribution < -0.4 is 4.74 Å². The maximum Gasteiger partial charge on any atom is 0.216 e. The van der Waals surface area contributed by atoms with Crippen LogP contribution in [0.25, 0.3) is 0 Å². The first-order valence-corrected chi connectivity index (χ1v) is 7.98. The standard InChI is InChI=1S/C19H22NO3/c1-2-3-7-14-20(22)19(21)15-16-10-12-18(13-11-16)23-17-8-5-4-6-9-17/h4-6,8-13H,2-3,7,14-15H2,1H3/q-1. The summed E-state index contributed by atoms with van der Waals surface area (Å²) in [5.41, 5.74) is 0.812. The molecule has 0 unspecified atom stereocenters. The fraction of sp³-hybridized carbons (Fsp3) is 0.316. The Bertz CT molecular complexity index is 596. The van der Waals surface area contributed by atoms with Gasteiger partial charge in [-0.3, -0.25) is 4.79 Å². The van der Waals surface area contributed by atoms with Crippen LogP contribution in [0, 0.1) is 5.21 Å². The minimum Gasteiger partial charge on any atom is -0.756 e. The van der Waals surface area contributed by atoms with E-state index in [9.17, 15) is 10.0 Å². The van der Waals surface area contributed by atoms with Gasteiger partial charge in [-0.15, -0.1) is 0 Å². The van der Waals surface area contributed by atoms with Crippen LogP contribution in [0.2, 0.25) is 0 Å². The molecule has 1 amide bonds. The van der Waals surface area contributed by atoms with Crippen molar-refractivity contribution >= 4 is 5.91 Å². The van der Waals surface area contributed by atoms with Crippen LogP contribution in [-0.4, -0.2) is 17.5 Å². The number of amides is 1. The molecule has 4 heteroatoms. The van der Waals surface area contributed by atoms with E-state index in [4.69, 9.17) is 4.74 Å². The summed E-state index contributed by atoms with van der Waals surface area (Å²) < 4.78 is 5.69. The van der Waals surface area contributed by atoms with E-state index in [0.29, 0.717) is 10.8 Å². The molecule has 0 saturated carbocycles. The zero-order chi connectivity index (χ0) is 16.5. The molecule has 23 heavy (non-hydrogen) atoms. The van der Waals surface area contributed by atoms with Crippen molar-refractivity contribution in [2.45, 2.75) is 32.6 Å². The van der Waals surface area contributed by atoms with Crippen LogP contribution >= 0.6 is 0 Å². The smallest absolute Gasteiger partial charge is 0.216 e. The third kappa shape index (κ3) is 5.75. The SMILES string of the molecule is CCCCCN([O-])C(=O)Cc1ccc(Oc2ccccc2)cc1. The quantitative estimate of drug-likeness (QED) is 0.531. The number of nitrogens with zero attached hydrogens (tertiary/aromatic N) is 1. The van der Waals surface area contributed by atoms with Crippen LogP contribution in [-0.2, 0) is 11.2 Å². The molecule has 2 aromatic carbocycles. The van der Waals surface area contributed by atoms with Gasteiger partial charge in [0.15, 0.2) is 0 Å². The van der Waals surface area contributed by atoms with Gasteiger partial charge >= 0.3 is 0 Å². The van der Waals surface area contributed by atoms with Gasteiger partial charge in [-0.1, -0.05) is 50.1 Å². The van der Waals surface area contributed by atoms with Gasteiger partial charge in [-0.2, -0.15) is 0 Å². The van der Waals surface area contributed by atoms with E-state index >= 15 is 0 Å². The molecule has 0 atom stereocenters. The summed E-state index contributed by atoms with van der Waals surface area (Å²) in [6.45, 7) is 2.35. The highest BCUT2D eigenvalue weighted by Gasteiger charge is 2.06. The molecular formula is C19H22NO3-. The van der Waals surface area contributed by atoms with E-state index in [1.165, 1.54) is 0 Å². The van der Waals surface area contributed by atoms with Gasteiger partial charge in [-0.25, -0.2) is 0 Å². The van der Waals surface area contributed by atoms with E-state index in [1.54, 1.807) is 0 Å². The summed E-state index contributed by atoms with van der Waals surface area (Å²) in [5.74, 6) is 1.07. The Morgan fingerprint density at radius 3 is 2.30 bits per heavy atom. The van der Waals surface area contributed by atoms with E-state index in [2.05, 4.69) is 6.92 Å². The first-order chi connectivity index (χ1) is 11.2. The van der Waals surface area contributed by atoms with Crippen molar-refractivity contribution < 1.29 is 9.53 Å². The summed E-state index contributed by atoms with van der Waals surface area (Å²) in [6, 6.07) is 16.7. The molecule has 0 aliphatic heterocycles. The number of carbonyl (C=O) groups is 1. The third-order valence-electron chi connectivity index (χ3n) is 3.50. The normalized spacial score (nSPS) is 10.3. The molecule has 0 fully saturated rings. The van der Waals surface area contributed by atoms with Crippen molar-refractivity contribution in [3.63, 3.8) is 0 Å². The second-order valence-electron chi connectivity index (χ2n) is 5.44. The van der Waals surface area contributed by atoms with Crippen molar-refractivity contribution in [3.05, 3.63) is 65.4 Å². The van der Waals surface area contributed by atoms with Crippen LogP contribution in [0.15, 0.2) is 54.6 Å². The lowest BCUT2D eigenvalue weighted by atomic mass is 10.1. The topological polar surface area (TPSA) is 52.6 Å². The number of hydroxylamine groups is 2. The second-order valence-corrected chi connectivity index (χ2v) is 5.44. The number of unbranched alkanes of at least 4 members (excludes halogenated alkanes) is 2.